The standard InChI is InChI=1S/C15H22N4O4.ClH/c16-13(20)12-5-11(23-19-12)8-18-14(21)22-9-10-6-15(7-10)1-3-17-4-2-15;/h5,10,17H,1-4,6-9H2,(H2,16,20)(H,18,21);1H. The van der Waals surface area contributed by atoms with E-state index in [1.165, 1.54) is 18.9 Å². The number of ether oxygens (including phenoxy) is 1. The summed E-state index contributed by atoms with van der Waals surface area (Å²) in [5.74, 6) is 0.151. The van der Waals surface area contributed by atoms with Crippen LogP contribution in [-0.2, 0) is 11.3 Å². The van der Waals surface area contributed by atoms with Gasteiger partial charge in [-0.25, -0.2) is 4.79 Å². The number of hydrogen-bond donors (Lipinski definition) is 3. The molecule has 1 aliphatic carbocycles. The van der Waals surface area contributed by atoms with Crippen molar-refractivity contribution in [2.75, 3.05) is 19.7 Å². The molecule has 0 aromatic carbocycles. The van der Waals surface area contributed by atoms with Gasteiger partial charge in [-0.3, -0.25) is 4.79 Å². The number of halogens is 1. The maximum atomic E-state index is 11.7. The second kappa shape index (κ2) is 7.85. The highest BCUT2D eigenvalue weighted by Gasteiger charge is 2.44. The van der Waals surface area contributed by atoms with E-state index in [-0.39, 0.29) is 24.6 Å². The van der Waals surface area contributed by atoms with Crippen LogP contribution < -0.4 is 16.4 Å². The number of piperidine rings is 1. The number of carbonyl (C=O) groups is 2. The number of carbonyl (C=O) groups excluding carboxylic acids is 2. The Labute approximate surface area is 146 Å². The molecule has 3 rings (SSSR count). The topological polar surface area (TPSA) is 119 Å². The van der Waals surface area contributed by atoms with E-state index in [2.05, 4.69) is 15.8 Å². The molecule has 1 aliphatic heterocycles. The molecule has 2 fully saturated rings. The van der Waals surface area contributed by atoms with Crippen LogP contribution in [0.3, 0.4) is 0 Å². The first-order valence-electron chi connectivity index (χ1n) is 7.93. The number of hydrogen-bond acceptors (Lipinski definition) is 6. The molecule has 0 atom stereocenters. The largest absolute Gasteiger partial charge is 0.449 e. The molecule has 1 aromatic heterocycles. The number of amides is 2. The van der Waals surface area contributed by atoms with Crippen molar-refractivity contribution in [2.24, 2.45) is 17.1 Å². The molecule has 1 spiro atoms. The van der Waals surface area contributed by atoms with Crippen molar-refractivity contribution in [2.45, 2.75) is 32.2 Å². The molecule has 2 heterocycles. The average molecular weight is 359 g/mol. The lowest BCUT2D eigenvalue weighted by Crippen LogP contribution is -2.47. The zero-order chi connectivity index (χ0) is 16.3. The van der Waals surface area contributed by atoms with Gasteiger partial charge in [0.05, 0.1) is 13.2 Å². The molecule has 134 valence electrons. The highest BCUT2D eigenvalue weighted by Crippen LogP contribution is 2.51. The summed E-state index contributed by atoms with van der Waals surface area (Å²) >= 11 is 0. The van der Waals surface area contributed by atoms with Crippen LogP contribution in [0.1, 0.15) is 41.9 Å². The van der Waals surface area contributed by atoms with Crippen molar-refractivity contribution < 1.29 is 18.8 Å². The minimum Gasteiger partial charge on any atom is -0.449 e. The van der Waals surface area contributed by atoms with Gasteiger partial charge in [0.1, 0.15) is 0 Å². The van der Waals surface area contributed by atoms with E-state index >= 15 is 0 Å². The summed E-state index contributed by atoms with van der Waals surface area (Å²) < 4.78 is 10.1. The molecule has 2 aliphatic rings. The van der Waals surface area contributed by atoms with Gasteiger partial charge in [0.25, 0.3) is 5.91 Å². The van der Waals surface area contributed by atoms with Crippen molar-refractivity contribution in [3.63, 3.8) is 0 Å². The van der Waals surface area contributed by atoms with Gasteiger partial charge in [-0.15, -0.1) is 12.4 Å². The molecule has 9 heteroatoms. The predicted octanol–water partition coefficient (Wildman–Crippen LogP) is 1.20. The highest BCUT2D eigenvalue weighted by atomic mass is 35.5. The third-order valence-corrected chi connectivity index (χ3v) is 4.78. The second-order valence-electron chi connectivity index (χ2n) is 6.52. The quantitative estimate of drug-likeness (QED) is 0.727. The van der Waals surface area contributed by atoms with E-state index in [0.29, 0.717) is 23.7 Å². The van der Waals surface area contributed by atoms with Crippen molar-refractivity contribution in [1.82, 2.24) is 15.8 Å². The van der Waals surface area contributed by atoms with Crippen molar-refractivity contribution in [3.05, 3.63) is 17.5 Å². The Hall–Kier alpha value is -1.80. The van der Waals surface area contributed by atoms with E-state index in [9.17, 15) is 9.59 Å². The summed E-state index contributed by atoms with van der Waals surface area (Å²) in [6.45, 7) is 2.75. The maximum Gasteiger partial charge on any atom is 0.407 e. The first-order chi connectivity index (χ1) is 11.1. The van der Waals surface area contributed by atoms with Crippen LogP contribution in [0, 0.1) is 11.3 Å². The molecule has 2 amide bonds. The Balaban J connectivity index is 0.00000208. The monoisotopic (exact) mass is 358 g/mol. The SMILES string of the molecule is Cl.NC(=O)c1cc(CNC(=O)OCC2CC3(CCNCC3)C2)on1. The maximum absolute atomic E-state index is 11.7. The van der Waals surface area contributed by atoms with Gasteiger partial charge in [0.15, 0.2) is 11.5 Å². The van der Waals surface area contributed by atoms with Gasteiger partial charge in [-0.1, -0.05) is 5.16 Å². The number of rotatable bonds is 5. The zero-order valence-corrected chi connectivity index (χ0v) is 14.2. The fourth-order valence-corrected chi connectivity index (χ4v) is 3.56. The van der Waals surface area contributed by atoms with Gasteiger partial charge in [0.2, 0.25) is 0 Å². The Morgan fingerprint density at radius 2 is 2.12 bits per heavy atom. The second-order valence-corrected chi connectivity index (χ2v) is 6.52. The first-order valence-corrected chi connectivity index (χ1v) is 7.93. The van der Waals surface area contributed by atoms with Crippen LogP contribution >= 0.6 is 12.4 Å². The van der Waals surface area contributed by atoms with Gasteiger partial charge < -0.3 is 25.6 Å². The van der Waals surface area contributed by atoms with Crippen LogP contribution in [0.5, 0.6) is 0 Å². The summed E-state index contributed by atoms with van der Waals surface area (Å²) in [4.78, 5) is 22.6. The van der Waals surface area contributed by atoms with E-state index in [4.69, 9.17) is 15.0 Å². The van der Waals surface area contributed by atoms with Gasteiger partial charge in [-0.2, -0.15) is 0 Å². The van der Waals surface area contributed by atoms with Crippen molar-refractivity contribution >= 4 is 24.4 Å². The number of nitrogens with zero attached hydrogens (tertiary/aromatic N) is 1. The van der Waals surface area contributed by atoms with E-state index < -0.39 is 12.0 Å². The lowest BCUT2D eigenvalue weighted by Gasteiger charge is -2.50. The van der Waals surface area contributed by atoms with Crippen LogP contribution in [-0.4, -0.2) is 36.9 Å². The van der Waals surface area contributed by atoms with Crippen LogP contribution in [0.15, 0.2) is 10.6 Å². The number of aromatic nitrogens is 1. The molecular formula is C15H23ClN4O4. The van der Waals surface area contributed by atoms with Gasteiger partial charge >= 0.3 is 6.09 Å². The summed E-state index contributed by atoms with van der Waals surface area (Å²) in [6.07, 6.45) is 4.25. The molecule has 1 saturated heterocycles. The number of nitrogens with one attached hydrogen (secondary N) is 2. The van der Waals surface area contributed by atoms with Crippen LogP contribution in [0.4, 0.5) is 4.79 Å². The van der Waals surface area contributed by atoms with Crippen molar-refractivity contribution in [3.8, 4) is 0 Å². The van der Waals surface area contributed by atoms with E-state index in [1.54, 1.807) is 0 Å². The summed E-state index contributed by atoms with van der Waals surface area (Å²) in [6, 6.07) is 1.40. The summed E-state index contributed by atoms with van der Waals surface area (Å²) in [7, 11) is 0. The van der Waals surface area contributed by atoms with Crippen LogP contribution in [0.2, 0.25) is 0 Å². The van der Waals surface area contributed by atoms with Crippen molar-refractivity contribution in [1.29, 1.82) is 0 Å². The predicted molar refractivity (Wildman–Crippen MR) is 87.7 cm³/mol. The van der Waals surface area contributed by atoms with Gasteiger partial charge in [-0.05, 0) is 50.1 Å². The number of alkyl carbamates (subject to hydrolysis) is 1. The lowest BCUT2D eigenvalue weighted by molar-refractivity contribution is -0.0129. The van der Waals surface area contributed by atoms with Crippen LogP contribution in [0.25, 0.3) is 0 Å². The fourth-order valence-electron chi connectivity index (χ4n) is 3.56. The molecular weight excluding hydrogens is 336 g/mol. The number of primary amides is 1. The minimum absolute atomic E-state index is 0. The smallest absolute Gasteiger partial charge is 0.407 e. The lowest BCUT2D eigenvalue weighted by atomic mass is 9.58. The Morgan fingerprint density at radius 1 is 1.42 bits per heavy atom. The molecule has 0 radical (unpaired) electrons. The molecule has 24 heavy (non-hydrogen) atoms. The highest BCUT2D eigenvalue weighted by molar-refractivity contribution is 5.90. The molecule has 1 saturated carbocycles. The minimum atomic E-state index is -0.667. The normalized spacial score (nSPS) is 19.2. The molecule has 0 unspecified atom stereocenters. The third-order valence-electron chi connectivity index (χ3n) is 4.78. The number of nitrogens with two attached hydrogens (primary N) is 1. The molecule has 8 nitrogen and oxygen atoms in total. The van der Waals surface area contributed by atoms with E-state index in [0.717, 1.165) is 25.9 Å². The first kappa shape index (κ1) is 18.5. The average Bonchev–Trinajstić information content (AvgIpc) is 2.99. The summed E-state index contributed by atoms with van der Waals surface area (Å²) in [5.41, 5.74) is 5.59. The summed E-state index contributed by atoms with van der Waals surface area (Å²) in [5, 5.41) is 9.44. The Morgan fingerprint density at radius 3 is 2.75 bits per heavy atom. The zero-order valence-electron chi connectivity index (χ0n) is 13.4. The molecule has 4 N–H and O–H groups in total. The fraction of sp³-hybridized carbons (Fsp3) is 0.667. The van der Waals surface area contributed by atoms with Gasteiger partial charge in [0, 0.05) is 6.07 Å². The Bertz CT molecular complexity index is 578. The third kappa shape index (κ3) is 4.39. The van der Waals surface area contributed by atoms with E-state index in [1.807, 2.05) is 0 Å². The molecule has 0 bridgehead atoms. The molecule has 1 aromatic rings. The Kier molecular flexibility index (Phi) is 6.06.